The minimum absolute atomic E-state index is 0.00946. The molecule has 0 radical (unpaired) electrons. The van der Waals surface area contributed by atoms with Gasteiger partial charge in [0.2, 0.25) is 5.91 Å². The monoisotopic (exact) mass is 598 g/mol. The molecule has 3 rings (SSSR count). The summed E-state index contributed by atoms with van der Waals surface area (Å²) in [5.74, 6) is -2.00. The number of hydrogen-bond donors (Lipinski definition) is 4. The minimum atomic E-state index is -2.13. The fourth-order valence-electron chi connectivity index (χ4n) is 4.39. The van der Waals surface area contributed by atoms with Gasteiger partial charge in [0.15, 0.2) is 20.0 Å². The van der Waals surface area contributed by atoms with Gasteiger partial charge in [-0.3, -0.25) is 4.79 Å². The summed E-state index contributed by atoms with van der Waals surface area (Å²) in [5, 5.41) is 26.1. The lowest BCUT2D eigenvalue weighted by Crippen LogP contribution is -2.44. The molecule has 9 heteroatoms. The van der Waals surface area contributed by atoms with E-state index < -0.39 is 20.0 Å². The third-order valence-corrected chi connectivity index (χ3v) is 12.4. The number of aliphatic hydroxyl groups is 1. The molecule has 0 aromatic heterocycles. The van der Waals surface area contributed by atoms with Crippen LogP contribution < -0.4 is 10.6 Å². The summed E-state index contributed by atoms with van der Waals surface area (Å²) in [5.41, 5.74) is 3.80. The second kappa shape index (κ2) is 14.4. The molecule has 0 saturated heterocycles. The Kier molecular flexibility index (Phi) is 11.4. The Morgan fingerprint density at radius 3 is 2.36 bits per heavy atom. The second-order valence-corrected chi connectivity index (χ2v) is 17.2. The van der Waals surface area contributed by atoms with Gasteiger partial charge in [-0.1, -0.05) is 57.2 Å². The highest BCUT2D eigenvalue weighted by Crippen LogP contribution is 2.40. The van der Waals surface area contributed by atoms with E-state index in [4.69, 9.17) is 4.43 Å². The average Bonchev–Trinajstić information content (AvgIpc) is 2.91. The largest absolute Gasteiger partial charge is 0.508 e. The number of halogens is 2. The third-order valence-electron chi connectivity index (χ3n) is 7.91. The molecule has 6 nitrogen and oxygen atoms in total. The number of carbonyl (C=O) groups excluding carboxylic acids is 1. The fraction of sp³-hybridized carbons (Fsp3) is 0.424. The predicted molar refractivity (Wildman–Crippen MR) is 165 cm³/mol. The highest BCUT2D eigenvalue weighted by molar-refractivity contribution is 6.74. The summed E-state index contributed by atoms with van der Waals surface area (Å²) in [4.78, 5) is 12.5. The summed E-state index contributed by atoms with van der Waals surface area (Å²) in [6, 6.07) is 16.8. The van der Waals surface area contributed by atoms with Crippen molar-refractivity contribution in [2.45, 2.75) is 84.0 Å². The summed E-state index contributed by atoms with van der Waals surface area (Å²) in [6.07, 6.45) is 0.647. The number of aliphatic hydroxyl groups excluding tert-OH is 1. The van der Waals surface area contributed by atoms with Crippen LogP contribution in [0.2, 0.25) is 18.1 Å². The van der Waals surface area contributed by atoms with Gasteiger partial charge in [-0.25, -0.2) is 8.78 Å². The van der Waals surface area contributed by atoms with Gasteiger partial charge in [0.1, 0.15) is 5.75 Å². The molecule has 0 aliphatic rings. The van der Waals surface area contributed by atoms with E-state index in [9.17, 15) is 23.8 Å². The molecule has 2 atom stereocenters. The van der Waals surface area contributed by atoms with Crippen molar-refractivity contribution >= 4 is 14.2 Å². The lowest BCUT2D eigenvalue weighted by molar-refractivity contribution is -0.120. The Balaban J connectivity index is 1.62. The van der Waals surface area contributed by atoms with Crippen molar-refractivity contribution in [3.63, 3.8) is 0 Å². The highest BCUT2D eigenvalue weighted by Gasteiger charge is 2.39. The summed E-state index contributed by atoms with van der Waals surface area (Å²) >= 11 is 0. The molecule has 0 spiro atoms. The molecule has 0 heterocycles. The van der Waals surface area contributed by atoms with Gasteiger partial charge in [-0.15, -0.1) is 0 Å². The van der Waals surface area contributed by atoms with Crippen molar-refractivity contribution in [1.29, 1.82) is 0 Å². The van der Waals surface area contributed by atoms with Gasteiger partial charge < -0.3 is 25.3 Å². The van der Waals surface area contributed by atoms with Crippen LogP contribution in [0, 0.1) is 11.6 Å². The Morgan fingerprint density at radius 2 is 1.69 bits per heavy atom. The Hall–Kier alpha value is -3.11. The number of nitrogens with one attached hydrogen (secondary N) is 2. The van der Waals surface area contributed by atoms with E-state index >= 15 is 0 Å². The van der Waals surface area contributed by atoms with Crippen LogP contribution in [0.15, 0.2) is 60.7 Å². The Morgan fingerprint density at radius 1 is 0.976 bits per heavy atom. The number of rotatable bonds is 13. The molecule has 1 amide bonds. The number of amides is 1. The molecule has 0 bridgehead atoms. The minimum Gasteiger partial charge on any atom is -0.508 e. The van der Waals surface area contributed by atoms with Gasteiger partial charge in [-0.05, 0) is 78.0 Å². The molecule has 0 fully saturated rings. The van der Waals surface area contributed by atoms with Crippen LogP contribution in [0.3, 0.4) is 0 Å². The van der Waals surface area contributed by atoms with Crippen LogP contribution in [0.4, 0.5) is 8.78 Å². The van der Waals surface area contributed by atoms with Crippen LogP contribution >= 0.6 is 0 Å². The van der Waals surface area contributed by atoms with Gasteiger partial charge >= 0.3 is 0 Å². The SMILES string of the molecule is C[C@H](Cc1cccc(CC(=O)NCc2ccc(F)c(F)c2)c1)NC[C@H](O[Si](C)(C)C(C)(C)C)c1ccc(O)c(CO)c1. The van der Waals surface area contributed by atoms with E-state index in [1.165, 1.54) is 6.07 Å². The molecule has 0 aliphatic carbocycles. The van der Waals surface area contributed by atoms with E-state index in [0.29, 0.717) is 17.7 Å². The Bertz CT molecular complexity index is 1360. The lowest BCUT2D eigenvalue weighted by Gasteiger charge is -2.40. The smallest absolute Gasteiger partial charge is 0.224 e. The van der Waals surface area contributed by atoms with Crippen molar-refractivity contribution in [1.82, 2.24) is 10.6 Å². The number of carbonyl (C=O) groups is 1. The van der Waals surface area contributed by atoms with Gasteiger partial charge in [0.25, 0.3) is 0 Å². The maximum absolute atomic E-state index is 13.4. The maximum atomic E-state index is 13.4. The highest BCUT2D eigenvalue weighted by atomic mass is 28.4. The summed E-state index contributed by atoms with van der Waals surface area (Å²) < 4.78 is 33.4. The van der Waals surface area contributed by atoms with Crippen LogP contribution in [-0.2, 0) is 35.2 Å². The number of hydrogen-bond acceptors (Lipinski definition) is 5. The maximum Gasteiger partial charge on any atom is 0.224 e. The zero-order chi connectivity index (χ0) is 31.1. The number of phenols is 1. The quantitative estimate of drug-likeness (QED) is 0.173. The average molecular weight is 599 g/mol. The fourth-order valence-corrected chi connectivity index (χ4v) is 5.68. The number of aromatic hydroxyl groups is 1. The van der Waals surface area contributed by atoms with E-state index in [1.807, 2.05) is 30.3 Å². The second-order valence-electron chi connectivity index (χ2n) is 12.4. The zero-order valence-corrected chi connectivity index (χ0v) is 26.4. The molecule has 42 heavy (non-hydrogen) atoms. The van der Waals surface area contributed by atoms with Crippen LogP contribution in [-0.4, -0.2) is 37.0 Å². The van der Waals surface area contributed by atoms with Gasteiger partial charge in [-0.2, -0.15) is 0 Å². The van der Waals surface area contributed by atoms with Crippen molar-refractivity contribution in [3.05, 3.63) is 100 Å². The zero-order valence-electron chi connectivity index (χ0n) is 25.4. The normalized spacial score (nSPS) is 13.5. The Labute approximate surface area is 249 Å². The van der Waals surface area contributed by atoms with Gasteiger partial charge in [0, 0.05) is 24.7 Å². The van der Waals surface area contributed by atoms with E-state index in [-0.39, 0.29) is 48.4 Å². The lowest BCUT2D eigenvalue weighted by atomic mass is 10.0. The molecule has 3 aromatic carbocycles. The first-order chi connectivity index (χ1) is 19.7. The van der Waals surface area contributed by atoms with Crippen molar-refractivity contribution in [2.24, 2.45) is 0 Å². The predicted octanol–water partition coefficient (Wildman–Crippen LogP) is 6.31. The van der Waals surface area contributed by atoms with E-state index in [2.05, 4.69) is 51.4 Å². The van der Waals surface area contributed by atoms with Crippen molar-refractivity contribution in [3.8, 4) is 5.75 Å². The molecule has 0 aliphatic heterocycles. The third kappa shape index (κ3) is 9.45. The van der Waals surface area contributed by atoms with Crippen LogP contribution in [0.1, 0.15) is 61.6 Å². The van der Waals surface area contributed by atoms with Crippen molar-refractivity contribution in [2.75, 3.05) is 6.54 Å². The first-order valence-electron chi connectivity index (χ1n) is 14.3. The molecular formula is C33H44F2N2O4Si. The first kappa shape index (κ1) is 33.4. The number of benzene rings is 3. The molecule has 228 valence electrons. The van der Waals surface area contributed by atoms with Gasteiger partial charge in [0.05, 0.1) is 19.1 Å². The molecular weight excluding hydrogens is 554 g/mol. The molecule has 3 aromatic rings. The van der Waals surface area contributed by atoms with E-state index in [0.717, 1.165) is 35.2 Å². The van der Waals surface area contributed by atoms with Crippen molar-refractivity contribution < 1.29 is 28.2 Å². The topological polar surface area (TPSA) is 90.8 Å². The standard InChI is InChI=1S/C33H44F2N2O4Si/c1-22(36-20-31(41-42(5,6)33(2,3)4)26-11-13-30(39)27(18-26)21-38)14-23-8-7-9-24(15-23)17-32(40)37-19-25-10-12-28(34)29(35)16-25/h7-13,15-16,18,22,31,36,38-39H,14,17,19-21H2,1-6H3,(H,37,40)/t22-,31+/m1/s1. The van der Waals surface area contributed by atoms with E-state index in [1.54, 1.807) is 12.1 Å². The summed E-state index contributed by atoms with van der Waals surface area (Å²) in [7, 11) is -2.13. The van der Waals surface area contributed by atoms with Crippen LogP contribution in [0.25, 0.3) is 0 Å². The molecule has 4 N–H and O–H groups in total. The van der Waals surface area contributed by atoms with Crippen LogP contribution in [0.5, 0.6) is 5.75 Å². The molecule has 0 saturated carbocycles. The summed E-state index contributed by atoms with van der Waals surface area (Å²) in [6.45, 7) is 13.5. The molecule has 0 unspecified atom stereocenters. The first-order valence-corrected chi connectivity index (χ1v) is 17.2.